The Morgan fingerprint density at radius 2 is 1.43 bits per heavy atom. The predicted octanol–water partition coefficient (Wildman–Crippen LogP) is 6.14. The zero-order valence-electron chi connectivity index (χ0n) is 19.3. The first-order valence-electron chi connectivity index (χ1n) is 11.0. The standard InChI is InChI=1S/C28H24N2O4S/c1-17-7-3-8-18(2)26(17)30-24(31)16-35-21-12-6-11-20(15-21)29-27(32)22-13-4-9-19-10-5-14-23(25(19)22)28(33)34/h3-15H,16H2,1-2H3,(H,29,32)(H,30,31)(H,33,34). The molecule has 0 bridgehead atoms. The molecule has 0 aliphatic heterocycles. The van der Waals surface area contributed by atoms with Crippen molar-refractivity contribution in [2.75, 3.05) is 16.4 Å². The van der Waals surface area contributed by atoms with Gasteiger partial charge in [0.15, 0.2) is 0 Å². The molecule has 0 atom stereocenters. The summed E-state index contributed by atoms with van der Waals surface area (Å²) in [6, 6.07) is 23.1. The van der Waals surface area contributed by atoms with E-state index in [4.69, 9.17) is 0 Å². The minimum absolute atomic E-state index is 0.0764. The number of hydrogen-bond acceptors (Lipinski definition) is 4. The first-order chi connectivity index (χ1) is 16.8. The van der Waals surface area contributed by atoms with E-state index >= 15 is 0 Å². The molecule has 2 amide bonds. The Morgan fingerprint density at radius 1 is 0.800 bits per heavy atom. The highest BCUT2D eigenvalue weighted by Crippen LogP contribution is 2.26. The molecule has 0 heterocycles. The van der Waals surface area contributed by atoms with Crippen LogP contribution >= 0.6 is 11.8 Å². The molecule has 4 aromatic carbocycles. The van der Waals surface area contributed by atoms with Crippen molar-refractivity contribution in [1.29, 1.82) is 0 Å². The molecule has 7 heteroatoms. The molecule has 176 valence electrons. The Labute approximate surface area is 207 Å². The summed E-state index contributed by atoms with van der Waals surface area (Å²) >= 11 is 1.36. The molecule has 0 radical (unpaired) electrons. The number of para-hydroxylation sites is 1. The van der Waals surface area contributed by atoms with Crippen molar-refractivity contribution in [3.05, 3.63) is 101 Å². The fourth-order valence-electron chi connectivity index (χ4n) is 3.91. The van der Waals surface area contributed by atoms with Crippen LogP contribution in [0, 0.1) is 13.8 Å². The monoisotopic (exact) mass is 484 g/mol. The van der Waals surface area contributed by atoms with Gasteiger partial charge in [0.2, 0.25) is 5.91 Å². The third-order valence-corrected chi connectivity index (χ3v) is 6.58. The normalized spacial score (nSPS) is 10.7. The van der Waals surface area contributed by atoms with E-state index < -0.39 is 11.9 Å². The quantitative estimate of drug-likeness (QED) is 0.274. The lowest BCUT2D eigenvalue weighted by Gasteiger charge is -2.12. The van der Waals surface area contributed by atoms with Crippen LogP contribution < -0.4 is 10.6 Å². The summed E-state index contributed by atoms with van der Waals surface area (Å²) in [7, 11) is 0. The van der Waals surface area contributed by atoms with E-state index in [2.05, 4.69) is 10.6 Å². The predicted molar refractivity (Wildman–Crippen MR) is 141 cm³/mol. The maximum absolute atomic E-state index is 13.1. The molecular formula is C28H24N2O4S. The minimum Gasteiger partial charge on any atom is -0.478 e. The first-order valence-corrected chi connectivity index (χ1v) is 12.0. The van der Waals surface area contributed by atoms with E-state index in [1.165, 1.54) is 17.8 Å². The van der Waals surface area contributed by atoms with Crippen LogP contribution in [-0.4, -0.2) is 28.6 Å². The summed E-state index contributed by atoms with van der Waals surface area (Å²) < 4.78 is 0. The number of fused-ring (bicyclic) bond motifs is 1. The Kier molecular flexibility index (Phi) is 7.17. The van der Waals surface area contributed by atoms with Crippen LogP contribution in [-0.2, 0) is 4.79 Å². The van der Waals surface area contributed by atoms with Crippen molar-refractivity contribution in [1.82, 2.24) is 0 Å². The SMILES string of the molecule is Cc1cccc(C)c1NC(=O)CSc1cccc(NC(=O)c2cccc3cccc(C(=O)O)c23)c1. The van der Waals surface area contributed by atoms with Gasteiger partial charge in [-0.15, -0.1) is 11.8 Å². The van der Waals surface area contributed by atoms with Crippen LogP contribution in [0.15, 0.2) is 83.8 Å². The Bertz CT molecular complexity index is 1420. The number of thioether (sulfide) groups is 1. The highest BCUT2D eigenvalue weighted by atomic mass is 32.2. The number of carbonyl (C=O) groups is 3. The summed E-state index contributed by atoms with van der Waals surface area (Å²) in [5.41, 5.74) is 3.76. The van der Waals surface area contributed by atoms with Gasteiger partial charge in [-0.2, -0.15) is 0 Å². The number of amides is 2. The third kappa shape index (κ3) is 5.53. The van der Waals surface area contributed by atoms with Crippen LogP contribution in [0.25, 0.3) is 10.8 Å². The fourth-order valence-corrected chi connectivity index (χ4v) is 4.66. The summed E-state index contributed by atoms with van der Waals surface area (Å²) in [5.74, 6) is -1.39. The van der Waals surface area contributed by atoms with Crippen LogP contribution in [0.5, 0.6) is 0 Å². The lowest BCUT2D eigenvalue weighted by atomic mass is 9.98. The van der Waals surface area contributed by atoms with Crippen LogP contribution in [0.1, 0.15) is 31.8 Å². The smallest absolute Gasteiger partial charge is 0.336 e. The molecule has 35 heavy (non-hydrogen) atoms. The largest absolute Gasteiger partial charge is 0.478 e. The number of carboxylic acids is 1. The molecule has 0 aliphatic carbocycles. The van der Waals surface area contributed by atoms with E-state index in [0.717, 1.165) is 21.7 Å². The highest BCUT2D eigenvalue weighted by molar-refractivity contribution is 8.00. The summed E-state index contributed by atoms with van der Waals surface area (Å²) in [6.45, 7) is 3.91. The van der Waals surface area contributed by atoms with Crippen LogP contribution in [0.4, 0.5) is 11.4 Å². The molecule has 6 nitrogen and oxygen atoms in total. The van der Waals surface area contributed by atoms with Gasteiger partial charge in [0.05, 0.1) is 11.3 Å². The molecule has 4 aromatic rings. The van der Waals surface area contributed by atoms with Gasteiger partial charge in [-0.1, -0.05) is 48.5 Å². The lowest BCUT2D eigenvalue weighted by Crippen LogP contribution is -2.16. The van der Waals surface area contributed by atoms with Gasteiger partial charge in [0.1, 0.15) is 0 Å². The number of aryl methyl sites for hydroxylation is 2. The topological polar surface area (TPSA) is 95.5 Å². The number of aromatic carboxylic acids is 1. The minimum atomic E-state index is -1.09. The molecule has 0 aromatic heterocycles. The molecular weight excluding hydrogens is 460 g/mol. The van der Waals surface area contributed by atoms with E-state index in [0.29, 0.717) is 16.5 Å². The number of carbonyl (C=O) groups excluding carboxylic acids is 2. The Balaban J connectivity index is 1.47. The maximum atomic E-state index is 13.1. The first kappa shape index (κ1) is 24.0. The molecule has 0 unspecified atom stereocenters. The second-order valence-electron chi connectivity index (χ2n) is 8.10. The van der Waals surface area contributed by atoms with E-state index in [9.17, 15) is 19.5 Å². The maximum Gasteiger partial charge on any atom is 0.336 e. The molecule has 4 rings (SSSR count). The van der Waals surface area contributed by atoms with Crippen molar-refractivity contribution in [3.8, 4) is 0 Å². The van der Waals surface area contributed by atoms with E-state index in [1.807, 2.05) is 38.1 Å². The van der Waals surface area contributed by atoms with Gasteiger partial charge >= 0.3 is 5.97 Å². The Hall–Kier alpha value is -4.10. The molecule has 0 fully saturated rings. The third-order valence-electron chi connectivity index (χ3n) is 5.59. The van der Waals surface area contributed by atoms with Gasteiger partial charge in [-0.3, -0.25) is 9.59 Å². The fraction of sp³-hybridized carbons (Fsp3) is 0.107. The second-order valence-corrected chi connectivity index (χ2v) is 9.15. The van der Waals surface area contributed by atoms with Gasteiger partial charge in [-0.25, -0.2) is 4.79 Å². The van der Waals surface area contributed by atoms with Gasteiger partial charge in [-0.05, 0) is 60.7 Å². The summed E-state index contributed by atoms with van der Waals surface area (Å²) in [6.07, 6.45) is 0. The van der Waals surface area contributed by atoms with Crippen LogP contribution in [0.3, 0.4) is 0 Å². The average molecular weight is 485 g/mol. The number of hydrogen-bond donors (Lipinski definition) is 3. The highest BCUT2D eigenvalue weighted by Gasteiger charge is 2.17. The number of benzene rings is 4. The Morgan fingerprint density at radius 3 is 2.11 bits per heavy atom. The summed E-state index contributed by atoms with van der Waals surface area (Å²) in [4.78, 5) is 38.1. The van der Waals surface area contributed by atoms with Crippen molar-refractivity contribution < 1.29 is 19.5 Å². The molecule has 3 N–H and O–H groups in total. The molecule has 0 aliphatic rings. The number of nitrogens with one attached hydrogen (secondary N) is 2. The number of rotatable bonds is 7. The average Bonchev–Trinajstić information content (AvgIpc) is 2.84. The van der Waals surface area contributed by atoms with Gasteiger partial charge < -0.3 is 15.7 Å². The summed E-state index contributed by atoms with van der Waals surface area (Å²) in [5, 5.41) is 16.5. The van der Waals surface area contributed by atoms with Crippen molar-refractivity contribution in [3.63, 3.8) is 0 Å². The molecule has 0 saturated heterocycles. The van der Waals surface area contributed by atoms with Gasteiger partial charge in [0, 0.05) is 27.2 Å². The van der Waals surface area contributed by atoms with E-state index in [1.54, 1.807) is 48.5 Å². The zero-order chi connectivity index (χ0) is 24.9. The molecule has 0 saturated carbocycles. The molecule has 0 spiro atoms. The number of anilines is 2. The van der Waals surface area contributed by atoms with E-state index in [-0.39, 0.29) is 22.8 Å². The zero-order valence-corrected chi connectivity index (χ0v) is 20.1. The van der Waals surface area contributed by atoms with Crippen molar-refractivity contribution in [2.24, 2.45) is 0 Å². The van der Waals surface area contributed by atoms with Crippen molar-refractivity contribution >= 4 is 51.7 Å². The lowest BCUT2D eigenvalue weighted by molar-refractivity contribution is -0.113. The van der Waals surface area contributed by atoms with Crippen molar-refractivity contribution in [2.45, 2.75) is 18.7 Å². The number of carboxylic acid groups (broad SMARTS) is 1. The van der Waals surface area contributed by atoms with Gasteiger partial charge in [0.25, 0.3) is 5.91 Å². The van der Waals surface area contributed by atoms with Crippen LogP contribution in [0.2, 0.25) is 0 Å². The second kappa shape index (κ2) is 10.4.